The number of nitriles is 1. The summed E-state index contributed by atoms with van der Waals surface area (Å²) in [7, 11) is 0. The van der Waals surface area contributed by atoms with E-state index in [0.29, 0.717) is 16.4 Å². The highest BCUT2D eigenvalue weighted by Crippen LogP contribution is 2.21. The first kappa shape index (κ1) is 9.78. The van der Waals surface area contributed by atoms with E-state index in [1.165, 1.54) is 6.20 Å². The predicted molar refractivity (Wildman–Crippen MR) is 50.8 cm³/mol. The maximum Gasteiger partial charge on any atom is 0.0811 e. The molecule has 0 saturated carbocycles. The highest BCUT2D eigenvalue weighted by atomic mass is 35.5. The molecule has 68 valence electrons. The zero-order valence-electron chi connectivity index (χ0n) is 6.87. The summed E-state index contributed by atoms with van der Waals surface area (Å²) in [4.78, 5) is 3.96. The van der Waals surface area contributed by atoms with Crippen molar-refractivity contribution in [2.45, 2.75) is 12.5 Å². The van der Waals surface area contributed by atoms with E-state index in [0.717, 1.165) is 0 Å². The van der Waals surface area contributed by atoms with E-state index in [1.807, 2.05) is 6.07 Å². The molecule has 0 aliphatic heterocycles. The van der Waals surface area contributed by atoms with Crippen molar-refractivity contribution in [1.82, 2.24) is 4.98 Å². The van der Waals surface area contributed by atoms with Gasteiger partial charge in [0.25, 0.3) is 0 Å². The Morgan fingerprint density at radius 3 is 2.92 bits per heavy atom. The molecule has 0 fully saturated rings. The minimum atomic E-state index is -0.442. The van der Waals surface area contributed by atoms with Gasteiger partial charge in [-0.1, -0.05) is 11.6 Å². The van der Waals surface area contributed by atoms with Gasteiger partial charge in [0, 0.05) is 6.20 Å². The molecule has 1 atom stereocenters. The molecule has 1 rings (SSSR count). The molecule has 1 aromatic heterocycles. The van der Waals surface area contributed by atoms with Crippen molar-refractivity contribution >= 4 is 17.3 Å². The predicted octanol–water partition coefficient (Wildman–Crippen LogP) is 1.23. The van der Waals surface area contributed by atoms with Gasteiger partial charge in [0.05, 0.1) is 34.9 Å². The summed E-state index contributed by atoms with van der Waals surface area (Å²) in [5, 5.41) is 8.88. The zero-order chi connectivity index (χ0) is 9.84. The molecule has 0 aromatic carbocycles. The summed E-state index contributed by atoms with van der Waals surface area (Å²) in [5.74, 6) is 0. The Labute approximate surface area is 81.1 Å². The summed E-state index contributed by atoms with van der Waals surface area (Å²) in [6.07, 6.45) is 1.66. The molecule has 1 aromatic rings. The first-order valence-electron chi connectivity index (χ1n) is 3.68. The van der Waals surface area contributed by atoms with Crippen molar-refractivity contribution < 1.29 is 0 Å². The van der Waals surface area contributed by atoms with Gasteiger partial charge in [0.1, 0.15) is 0 Å². The number of rotatable bonds is 2. The number of pyridine rings is 1. The van der Waals surface area contributed by atoms with Gasteiger partial charge >= 0.3 is 0 Å². The van der Waals surface area contributed by atoms with Gasteiger partial charge in [0.2, 0.25) is 0 Å². The van der Waals surface area contributed by atoms with Crippen molar-refractivity contribution in [3.63, 3.8) is 0 Å². The minimum absolute atomic E-state index is 0.193. The van der Waals surface area contributed by atoms with Gasteiger partial charge in [-0.25, -0.2) is 0 Å². The Kier molecular flexibility index (Phi) is 3.07. The summed E-state index contributed by atoms with van der Waals surface area (Å²) in [5.41, 5.74) is 12.2. The third-order valence-electron chi connectivity index (χ3n) is 1.58. The van der Waals surface area contributed by atoms with Gasteiger partial charge in [-0.2, -0.15) is 5.26 Å². The Hall–Kier alpha value is -1.31. The second kappa shape index (κ2) is 4.08. The molecule has 0 spiro atoms. The maximum absolute atomic E-state index is 8.42. The van der Waals surface area contributed by atoms with Crippen LogP contribution < -0.4 is 11.5 Å². The van der Waals surface area contributed by atoms with Crippen LogP contribution in [0.15, 0.2) is 12.3 Å². The lowest BCUT2D eigenvalue weighted by Crippen LogP contribution is -2.13. The molecule has 1 unspecified atom stereocenters. The molecule has 4 nitrogen and oxygen atoms in total. The second-order valence-electron chi connectivity index (χ2n) is 2.60. The van der Waals surface area contributed by atoms with Crippen molar-refractivity contribution in [2.24, 2.45) is 5.73 Å². The Bertz CT molecular complexity index is 344. The number of nitrogens with two attached hydrogens (primary N) is 2. The van der Waals surface area contributed by atoms with Crippen LogP contribution in [0, 0.1) is 11.3 Å². The quantitative estimate of drug-likeness (QED) is 0.745. The maximum atomic E-state index is 8.42. The molecule has 4 N–H and O–H groups in total. The van der Waals surface area contributed by atoms with E-state index < -0.39 is 6.04 Å². The van der Waals surface area contributed by atoms with Crippen LogP contribution in [-0.2, 0) is 0 Å². The van der Waals surface area contributed by atoms with Crippen LogP contribution in [-0.4, -0.2) is 4.98 Å². The number of nitrogens with zero attached hydrogens (tertiary/aromatic N) is 2. The molecule has 0 aliphatic carbocycles. The van der Waals surface area contributed by atoms with Crippen LogP contribution in [0.5, 0.6) is 0 Å². The zero-order valence-corrected chi connectivity index (χ0v) is 7.62. The fourth-order valence-corrected chi connectivity index (χ4v) is 1.14. The van der Waals surface area contributed by atoms with E-state index in [1.54, 1.807) is 6.07 Å². The lowest BCUT2D eigenvalue weighted by atomic mass is 10.1. The second-order valence-corrected chi connectivity index (χ2v) is 3.03. The van der Waals surface area contributed by atoms with E-state index in [9.17, 15) is 0 Å². The highest BCUT2D eigenvalue weighted by Gasteiger charge is 2.10. The Balaban J connectivity index is 2.96. The lowest BCUT2D eigenvalue weighted by molar-refractivity contribution is 0.723. The number of aromatic nitrogens is 1. The van der Waals surface area contributed by atoms with Crippen molar-refractivity contribution in [3.8, 4) is 6.07 Å². The lowest BCUT2D eigenvalue weighted by Gasteiger charge is -2.09. The molecule has 1 heterocycles. The topological polar surface area (TPSA) is 88.7 Å². The fourth-order valence-electron chi connectivity index (χ4n) is 0.970. The van der Waals surface area contributed by atoms with Crippen LogP contribution >= 0.6 is 11.6 Å². The minimum Gasteiger partial charge on any atom is -0.397 e. The van der Waals surface area contributed by atoms with Crippen LogP contribution in [0.3, 0.4) is 0 Å². The normalized spacial score (nSPS) is 12.1. The number of anilines is 1. The third-order valence-corrected chi connectivity index (χ3v) is 1.79. The molecular formula is C8H9ClN4. The third kappa shape index (κ3) is 2.31. The highest BCUT2D eigenvalue weighted by molar-refractivity contribution is 6.30. The van der Waals surface area contributed by atoms with E-state index in [-0.39, 0.29) is 6.42 Å². The van der Waals surface area contributed by atoms with E-state index in [4.69, 9.17) is 28.3 Å². The molecule has 5 heteroatoms. The van der Waals surface area contributed by atoms with E-state index >= 15 is 0 Å². The fraction of sp³-hybridized carbons (Fsp3) is 0.250. The number of nitrogen functional groups attached to an aromatic ring is 1. The average molecular weight is 197 g/mol. The molecule has 13 heavy (non-hydrogen) atoms. The monoisotopic (exact) mass is 196 g/mol. The largest absolute Gasteiger partial charge is 0.397 e. The summed E-state index contributed by atoms with van der Waals surface area (Å²) < 4.78 is 0. The van der Waals surface area contributed by atoms with Crippen LogP contribution in [0.2, 0.25) is 5.02 Å². The summed E-state index contributed by atoms with van der Waals surface area (Å²) >= 11 is 5.65. The van der Waals surface area contributed by atoms with Gasteiger partial charge in [-0.3, -0.25) is 4.98 Å². The molecule has 0 bridgehead atoms. The van der Waals surface area contributed by atoms with Crippen LogP contribution in [0.4, 0.5) is 5.69 Å². The average Bonchev–Trinajstić information content (AvgIpc) is 2.04. The van der Waals surface area contributed by atoms with Crippen molar-refractivity contribution in [1.29, 1.82) is 5.26 Å². The molecule has 0 saturated heterocycles. The Morgan fingerprint density at radius 2 is 2.38 bits per heavy atom. The van der Waals surface area contributed by atoms with E-state index in [2.05, 4.69) is 4.98 Å². The van der Waals surface area contributed by atoms with Crippen LogP contribution in [0.25, 0.3) is 0 Å². The van der Waals surface area contributed by atoms with Gasteiger partial charge < -0.3 is 11.5 Å². The smallest absolute Gasteiger partial charge is 0.0811 e. The molecule has 0 radical (unpaired) electrons. The van der Waals surface area contributed by atoms with Crippen molar-refractivity contribution in [3.05, 3.63) is 23.0 Å². The standard InChI is InChI=1S/C8H9ClN4/c9-5-3-7(12)8(13-4-5)6(11)1-2-10/h3-4,6H,1,11-12H2. The number of hydrogen-bond donors (Lipinski definition) is 2. The summed E-state index contributed by atoms with van der Waals surface area (Å²) in [6.45, 7) is 0. The summed E-state index contributed by atoms with van der Waals surface area (Å²) in [6, 6.07) is 3.08. The molecule has 0 aliphatic rings. The first-order chi connectivity index (χ1) is 6.15. The number of hydrogen-bond acceptors (Lipinski definition) is 4. The van der Waals surface area contributed by atoms with Gasteiger partial charge in [-0.05, 0) is 6.07 Å². The molecular weight excluding hydrogens is 188 g/mol. The van der Waals surface area contributed by atoms with Gasteiger partial charge in [0.15, 0.2) is 0 Å². The number of halogens is 1. The first-order valence-corrected chi connectivity index (χ1v) is 4.06. The Morgan fingerprint density at radius 1 is 1.69 bits per heavy atom. The molecule has 0 amide bonds. The van der Waals surface area contributed by atoms with Crippen LogP contribution in [0.1, 0.15) is 18.2 Å². The van der Waals surface area contributed by atoms with Crippen molar-refractivity contribution in [2.75, 3.05) is 5.73 Å². The van der Waals surface area contributed by atoms with Gasteiger partial charge in [-0.15, -0.1) is 0 Å². The SMILES string of the molecule is N#CCC(N)c1ncc(Cl)cc1N.